The number of rotatable bonds is 2. The van der Waals surface area contributed by atoms with Crippen LogP contribution in [0, 0.1) is 0 Å². The third-order valence-corrected chi connectivity index (χ3v) is 8.51. The maximum atomic E-state index is 6.41. The molecule has 0 saturated carbocycles. The number of fused-ring (bicyclic) bond motifs is 10. The molecule has 0 bridgehead atoms. The van der Waals surface area contributed by atoms with Gasteiger partial charge in [0.25, 0.3) is 0 Å². The van der Waals surface area contributed by atoms with Gasteiger partial charge in [-0.25, -0.2) is 4.98 Å². The van der Waals surface area contributed by atoms with E-state index < -0.39 is 0 Å². The highest BCUT2D eigenvalue weighted by Crippen LogP contribution is 2.49. The van der Waals surface area contributed by atoms with Gasteiger partial charge in [-0.05, 0) is 54.4 Å². The maximum Gasteiger partial charge on any atom is 0.220 e. The number of nitrogens with zero attached hydrogens (tertiary/aromatic N) is 3. The number of para-hydroxylation sites is 5. The fourth-order valence-corrected chi connectivity index (χ4v) is 6.66. The van der Waals surface area contributed by atoms with Crippen LogP contribution in [0.15, 0.2) is 139 Å². The Labute approximate surface area is 238 Å². The Hall–Kier alpha value is -5.35. The van der Waals surface area contributed by atoms with Gasteiger partial charge in [-0.3, -0.25) is 9.47 Å². The zero-order chi connectivity index (χ0) is 26.9. The van der Waals surface area contributed by atoms with Gasteiger partial charge in [0.05, 0.1) is 22.4 Å². The second-order valence-corrected chi connectivity index (χ2v) is 10.8. The average Bonchev–Trinajstić information content (AvgIpc) is 3.57. The predicted molar refractivity (Wildman–Crippen MR) is 165 cm³/mol. The van der Waals surface area contributed by atoms with Gasteiger partial charge in [0.1, 0.15) is 11.5 Å². The summed E-state index contributed by atoms with van der Waals surface area (Å²) in [6.07, 6.45) is 5.45. The first-order valence-corrected chi connectivity index (χ1v) is 14.1. The van der Waals surface area contributed by atoms with Crippen LogP contribution >= 0.6 is 0 Å². The first-order chi connectivity index (χ1) is 20.3. The monoisotopic (exact) mass is 527 g/mol. The quantitative estimate of drug-likeness (QED) is 0.224. The Morgan fingerprint density at radius 1 is 0.683 bits per heavy atom. The summed E-state index contributed by atoms with van der Waals surface area (Å²) >= 11 is 0. The van der Waals surface area contributed by atoms with Crippen molar-refractivity contribution in [3.05, 3.63) is 150 Å². The van der Waals surface area contributed by atoms with Crippen molar-refractivity contribution in [1.82, 2.24) is 9.55 Å². The summed E-state index contributed by atoms with van der Waals surface area (Å²) in [5.41, 5.74) is 11.3. The first kappa shape index (κ1) is 22.5. The van der Waals surface area contributed by atoms with Crippen LogP contribution in [0.5, 0.6) is 5.75 Å². The molecule has 4 nitrogen and oxygen atoms in total. The van der Waals surface area contributed by atoms with Gasteiger partial charge >= 0.3 is 0 Å². The van der Waals surface area contributed by atoms with E-state index in [0.29, 0.717) is 0 Å². The normalized spacial score (nSPS) is 16.4. The molecule has 1 aromatic heterocycles. The average molecular weight is 528 g/mol. The van der Waals surface area contributed by atoms with Crippen LogP contribution in [0.1, 0.15) is 23.5 Å². The topological polar surface area (TPSA) is 30.3 Å². The molecule has 4 heteroatoms. The van der Waals surface area contributed by atoms with Crippen molar-refractivity contribution in [2.75, 3.05) is 4.90 Å². The molecule has 1 unspecified atom stereocenters. The maximum absolute atomic E-state index is 6.41. The zero-order valence-corrected chi connectivity index (χ0v) is 22.2. The van der Waals surface area contributed by atoms with Crippen molar-refractivity contribution in [2.24, 2.45) is 0 Å². The summed E-state index contributed by atoms with van der Waals surface area (Å²) in [6, 6.07) is 42.9. The number of benzene rings is 5. The largest absolute Gasteiger partial charge is 0.460 e. The number of imidazole rings is 1. The van der Waals surface area contributed by atoms with Crippen LogP contribution in [0.2, 0.25) is 0 Å². The van der Waals surface area contributed by atoms with Gasteiger partial charge < -0.3 is 4.74 Å². The molecule has 0 spiro atoms. The summed E-state index contributed by atoms with van der Waals surface area (Å²) in [5, 5.41) is 0. The number of ether oxygens (including phenoxy) is 1. The summed E-state index contributed by atoms with van der Waals surface area (Å²) < 4.78 is 8.70. The van der Waals surface area contributed by atoms with E-state index in [1.54, 1.807) is 0 Å². The van der Waals surface area contributed by atoms with E-state index in [-0.39, 0.29) is 5.92 Å². The zero-order valence-electron chi connectivity index (χ0n) is 22.2. The van der Waals surface area contributed by atoms with Crippen molar-refractivity contribution < 1.29 is 4.74 Å². The molecule has 41 heavy (non-hydrogen) atoms. The van der Waals surface area contributed by atoms with Crippen LogP contribution in [0.3, 0.4) is 0 Å². The molecule has 0 N–H and O–H groups in total. The lowest BCUT2D eigenvalue weighted by Gasteiger charge is -2.25. The fraction of sp³-hybridized carbons (Fsp3) is 0.0541. The molecule has 6 aromatic rings. The van der Waals surface area contributed by atoms with Gasteiger partial charge in [-0.2, -0.15) is 0 Å². The highest BCUT2D eigenvalue weighted by atomic mass is 16.5. The number of allylic oxidation sites excluding steroid dienone is 4. The van der Waals surface area contributed by atoms with E-state index in [1.165, 1.54) is 16.7 Å². The minimum absolute atomic E-state index is 0.279. The minimum atomic E-state index is 0.279. The summed E-state index contributed by atoms with van der Waals surface area (Å²) in [4.78, 5) is 7.49. The van der Waals surface area contributed by atoms with Crippen molar-refractivity contribution in [3.8, 4) is 22.6 Å². The molecule has 2 aliphatic heterocycles. The van der Waals surface area contributed by atoms with E-state index in [1.807, 2.05) is 6.07 Å². The van der Waals surface area contributed by atoms with Gasteiger partial charge in [0, 0.05) is 33.9 Å². The Kier molecular flexibility index (Phi) is 4.70. The highest BCUT2D eigenvalue weighted by molar-refractivity contribution is 5.96. The number of anilines is 3. The Bertz CT molecular complexity index is 2060. The number of hydrogen-bond donors (Lipinski definition) is 0. The second-order valence-electron chi connectivity index (χ2n) is 10.8. The van der Waals surface area contributed by atoms with Crippen LogP contribution < -0.4 is 9.64 Å². The SMILES string of the molecule is C1=CC(c2ccc(N3c4ccccc4-c4ccccc4-n4c3nc3ccccc34)cc2)=C2Oc3ccccc3C2C1. The number of aromatic nitrogens is 2. The Balaban J connectivity index is 1.22. The predicted octanol–water partition coefficient (Wildman–Crippen LogP) is 9.32. The van der Waals surface area contributed by atoms with Crippen molar-refractivity contribution >= 4 is 33.9 Å². The molecule has 3 heterocycles. The Morgan fingerprint density at radius 2 is 1.39 bits per heavy atom. The molecular formula is C37H25N3O. The molecule has 0 saturated heterocycles. The lowest BCUT2D eigenvalue weighted by molar-refractivity contribution is 0.429. The molecule has 5 aromatic carbocycles. The lowest BCUT2D eigenvalue weighted by Crippen LogP contribution is -2.14. The molecule has 0 amide bonds. The van der Waals surface area contributed by atoms with Crippen molar-refractivity contribution in [3.63, 3.8) is 0 Å². The molecule has 9 rings (SSSR count). The first-order valence-electron chi connectivity index (χ1n) is 14.1. The van der Waals surface area contributed by atoms with Crippen LogP contribution in [0.25, 0.3) is 33.4 Å². The van der Waals surface area contributed by atoms with E-state index in [0.717, 1.165) is 63.1 Å². The molecule has 3 aliphatic rings. The van der Waals surface area contributed by atoms with Crippen LogP contribution in [-0.4, -0.2) is 9.55 Å². The third-order valence-electron chi connectivity index (χ3n) is 8.51. The molecule has 0 fully saturated rings. The lowest BCUT2D eigenvalue weighted by atomic mass is 9.87. The molecule has 1 atom stereocenters. The number of hydrogen-bond acceptors (Lipinski definition) is 3. The van der Waals surface area contributed by atoms with Crippen LogP contribution in [-0.2, 0) is 0 Å². The van der Waals surface area contributed by atoms with Crippen molar-refractivity contribution in [1.29, 1.82) is 0 Å². The Morgan fingerprint density at radius 3 is 2.27 bits per heavy atom. The molecule has 1 aliphatic carbocycles. The summed E-state index contributed by atoms with van der Waals surface area (Å²) in [6.45, 7) is 0. The van der Waals surface area contributed by atoms with Gasteiger partial charge in [-0.1, -0.05) is 91.0 Å². The fourth-order valence-electron chi connectivity index (χ4n) is 6.66. The summed E-state index contributed by atoms with van der Waals surface area (Å²) in [7, 11) is 0. The van der Waals surface area contributed by atoms with Crippen LogP contribution in [0.4, 0.5) is 17.3 Å². The smallest absolute Gasteiger partial charge is 0.220 e. The third kappa shape index (κ3) is 3.25. The second kappa shape index (κ2) is 8.57. The van der Waals surface area contributed by atoms with Gasteiger partial charge in [-0.15, -0.1) is 0 Å². The van der Waals surface area contributed by atoms with E-state index in [9.17, 15) is 0 Å². The van der Waals surface area contributed by atoms with Gasteiger partial charge in [0.15, 0.2) is 0 Å². The standard InChI is InChI=1S/C37H25N3O/c1-5-16-32-27(10-1)28-11-2-6-17-33(28)40-34-18-7-4-15-31(34)38-37(40)39(32)25-22-20-24(21-23-25)26-13-9-14-30-29-12-3-8-19-35(29)41-36(26)30/h1-13,15-23,30H,14H2. The minimum Gasteiger partial charge on any atom is -0.460 e. The van der Waals surface area contributed by atoms with E-state index in [4.69, 9.17) is 9.72 Å². The molecule has 194 valence electrons. The highest BCUT2D eigenvalue weighted by Gasteiger charge is 2.33. The molecular weight excluding hydrogens is 502 g/mol. The molecule has 0 radical (unpaired) electrons. The van der Waals surface area contributed by atoms with Gasteiger partial charge in [0.2, 0.25) is 5.95 Å². The van der Waals surface area contributed by atoms with E-state index in [2.05, 4.69) is 137 Å². The van der Waals surface area contributed by atoms with E-state index >= 15 is 0 Å². The van der Waals surface area contributed by atoms with Crippen molar-refractivity contribution in [2.45, 2.75) is 12.3 Å². The summed E-state index contributed by atoms with van der Waals surface area (Å²) in [5.74, 6) is 3.19.